The van der Waals surface area contributed by atoms with Crippen LogP contribution in [0.3, 0.4) is 0 Å². The van der Waals surface area contributed by atoms with Gasteiger partial charge in [0.2, 0.25) is 0 Å². The molecule has 0 spiro atoms. The van der Waals surface area contributed by atoms with Crippen LogP contribution in [0.15, 0.2) is 18.2 Å². The van der Waals surface area contributed by atoms with E-state index < -0.39 is 11.6 Å². The van der Waals surface area contributed by atoms with Crippen molar-refractivity contribution >= 4 is 0 Å². The Kier molecular flexibility index (Phi) is 4.01. The van der Waals surface area contributed by atoms with E-state index in [0.29, 0.717) is 0 Å². The summed E-state index contributed by atoms with van der Waals surface area (Å²) in [5.41, 5.74) is 0.799. The second kappa shape index (κ2) is 5.05. The SMILES string of the molecule is CCNC(CC)c1ccc(F)c(F)c1. The van der Waals surface area contributed by atoms with Crippen LogP contribution in [0.2, 0.25) is 0 Å². The first kappa shape index (κ1) is 11.1. The maximum absolute atomic E-state index is 12.9. The minimum Gasteiger partial charge on any atom is -0.310 e. The Morgan fingerprint density at radius 2 is 1.93 bits per heavy atom. The Hall–Kier alpha value is -0.960. The summed E-state index contributed by atoms with van der Waals surface area (Å²) in [7, 11) is 0. The van der Waals surface area contributed by atoms with Gasteiger partial charge in [-0.05, 0) is 30.7 Å². The molecule has 1 aromatic rings. The van der Waals surface area contributed by atoms with Crippen LogP contribution >= 0.6 is 0 Å². The molecule has 14 heavy (non-hydrogen) atoms. The van der Waals surface area contributed by atoms with Crippen LogP contribution in [-0.2, 0) is 0 Å². The van der Waals surface area contributed by atoms with E-state index in [4.69, 9.17) is 0 Å². The summed E-state index contributed by atoms with van der Waals surface area (Å²) in [6.45, 7) is 4.81. The van der Waals surface area contributed by atoms with Crippen molar-refractivity contribution in [3.8, 4) is 0 Å². The molecule has 0 aromatic heterocycles. The van der Waals surface area contributed by atoms with Gasteiger partial charge < -0.3 is 5.32 Å². The van der Waals surface area contributed by atoms with Crippen LogP contribution in [-0.4, -0.2) is 6.54 Å². The molecule has 0 radical (unpaired) electrons. The predicted octanol–water partition coefficient (Wildman–Crippen LogP) is 3.03. The molecule has 0 fully saturated rings. The van der Waals surface area contributed by atoms with Crippen molar-refractivity contribution in [3.05, 3.63) is 35.4 Å². The summed E-state index contributed by atoms with van der Waals surface area (Å²) in [4.78, 5) is 0. The molecule has 0 amide bonds. The van der Waals surface area contributed by atoms with Crippen LogP contribution in [0.4, 0.5) is 8.78 Å². The normalized spacial score (nSPS) is 12.9. The van der Waals surface area contributed by atoms with Crippen molar-refractivity contribution in [2.45, 2.75) is 26.3 Å². The number of benzene rings is 1. The van der Waals surface area contributed by atoms with E-state index in [-0.39, 0.29) is 6.04 Å². The summed E-state index contributed by atoms with van der Waals surface area (Å²) in [5, 5.41) is 3.21. The Bertz CT molecular complexity index is 299. The molecule has 0 saturated carbocycles. The molecule has 1 nitrogen and oxygen atoms in total. The third-order valence-corrected chi connectivity index (χ3v) is 2.20. The predicted molar refractivity (Wildman–Crippen MR) is 53.1 cm³/mol. The molecule has 0 aliphatic heterocycles. The van der Waals surface area contributed by atoms with Gasteiger partial charge in [-0.15, -0.1) is 0 Å². The zero-order valence-corrected chi connectivity index (χ0v) is 8.48. The fraction of sp³-hybridized carbons (Fsp3) is 0.455. The monoisotopic (exact) mass is 199 g/mol. The minimum atomic E-state index is -0.792. The number of hydrogen-bond donors (Lipinski definition) is 1. The van der Waals surface area contributed by atoms with Crippen molar-refractivity contribution < 1.29 is 8.78 Å². The van der Waals surface area contributed by atoms with E-state index >= 15 is 0 Å². The molecular weight excluding hydrogens is 184 g/mol. The van der Waals surface area contributed by atoms with E-state index in [1.165, 1.54) is 12.1 Å². The Morgan fingerprint density at radius 3 is 2.43 bits per heavy atom. The van der Waals surface area contributed by atoms with Crippen LogP contribution in [0, 0.1) is 11.6 Å². The second-order valence-electron chi connectivity index (χ2n) is 3.19. The van der Waals surface area contributed by atoms with Crippen LogP contribution in [0.5, 0.6) is 0 Å². The van der Waals surface area contributed by atoms with E-state index in [2.05, 4.69) is 5.32 Å². The highest BCUT2D eigenvalue weighted by Crippen LogP contribution is 2.18. The highest BCUT2D eigenvalue weighted by Gasteiger charge is 2.10. The Morgan fingerprint density at radius 1 is 1.21 bits per heavy atom. The molecule has 0 heterocycles. The zero-order valence-electron chi connectivity index (χ0n) is 8.48. The lowest BCUT2D eigenvalue weighted by atomic mass is 10.0. The number of nitrogens with one attached hydrogen (secondary N) is 1. The number of rotatable bonds is 4. The van der Waals surface area contributed by atoms with Crippen LogP contribution in [0.25, 0.3) is 0 Å². The first-order chi connectivity index (χ1) is 6.69. The van der Waals surface area contributed by atoms with Crippen molar-refractivity contribution in [1.82, 2.24) is 5.32 Å². The van der Waals surface area contributed by atoms with Gasteiger partial charge in [-0.25, -0.2) is 8.78 Å². The third kappa shape index (κ3) is 2.51. The average Bonchev–Trinajstić information content (AvgIpc) is 2.19. The molecule has 0 saturated heterocycles. The van der Waals surface area contributed by atoms with Crippen LogP contribution < -0.4 is 5.32 Å². The van der Waals surface area contributed by atoms with Crippen molar-refractivity contribution in [2.24, 2.45) is 0 Å². The van der Waals surface area contributed by atoms with Crippen LogP contribution in [0.1, 0.15) is 31.9 Å². The summed E-state index contributed by atoms with van der Waals surface area (Å²) in [6.07, 6.45) is 0.860. The van der Waals surface area contributed by atoms with Gasteiger partial charge in [0.1, 0.15) is 0 Å². The molecule has 1 N–H and O–H groups in total. The second-order valence-corrected chi connectivity index (χ2v) is 3.19. The Balaban J connectivity index is 2.88. The first-order valence-corrected chi connectivity index (χ1v) is 4.87. The summed E-state index contributed by atoms with van der Waals surface area (Å²) >= 11 is 0. The maximum atomic E-state index is 12.9. The topological polar surface area (TPSA) is 12.0 Å². The molecule has 0 aliphatic carbocycles. The lowest BCUT2D eigenvalue weighted by Gasteiger charge is -2.16. The zero-order chi connectivity index (χ0) is 10.6. The standard InChI is InChI=1S/C11H15F2N/c1-3-11(14-4-2)8-5-6-9(12)10(13)7-8/h5-7,11,14H,3-4H2,1-2H3. The average molecular weight is 199 g/mol. The van der Waals surface area contributed by atoms with Crippen molar-refractivity contribution in [1.29, 1.82) is 0 Å². The lowest BCUT2D eigenvalue weighted by molar-refractivity contribution is 0.494. The highest BCUT2D eigenvalue weighted by molar-refractivity contribution is 5.21. The highest BCUT2D eigenvalue weighted by atomic mass is 19.2. The Labute approximate surface area is 83.1 Å². The van der Waals surface area contributed by atoms with Gasteiger partial charge in [0, 0.05) is 6.04 Å². The largest absolute Gasteiger partial charge is 0.310 e. The number of hydrogen-bond acceptors (Lipinski definition) is 1. The maximum Gasteiger partial charge on any atom is 0.159 e. The van der Waals surface area contributed by atoms with E-state index in [9.17, 15) is 8.78 Å². The molecular formula is C11H15F2N. The fourth-order valence-electron chi connectivity index (χ4n) is 1.47. The van der Waals surface area contributed by atoms with E-state index in [1.807, 2.05) is 13.8 Å². The van der Waals surface area contributed by atoms with Gasteiger partial charge in [0.15, 0.2) is 11.6 Å². The summed E-state index contributed by atoms with van der Waals surface area (Å²) < 4.78 is 25.6. The molecule has 78 valence electrons. The van der Waals surface area contributed by atoms with Gasteiger partial charge in [-0.3, -0.25) is 0 Å². The van der Waals surface area contributed by atoms with Gasteiger partial charge in [0.25, 0.3) is 0 Å². The van der Waals surface area contributed by atoms with Crippen molar-refractivity contribution in [2.75, 3.05) is 6.54 Å². The quantitative estimate of drug-likeness (QED) is 0.786. The molecule has 1 aromatic carbocycles. The minimum absolute atomic E-state index is 0.107. The first-order valence-electron chi connectivity index (χ1n) is 4.87. The molecule has 0 aliphatic rings. The molecule has 0 bridgehead atoms. The molecule has 1 unspecified atom stereocenters. The molecule has 1 atom stereocenters. The summed E-state index contributed by atoms with van der Waals surface area (Å²) in [5.74, 6) is -1.57. The lowest BCUT2D eigenvalue weighted by Crippen LogP contribution is -2.20. The van der Waals surface area contributed by atoms with E-state index in [0.717, 1.165) is 18.5 Å². The molecule has 3 heteroatoms. The summed E-state index contributed by atoms with van der Waals surface area (Å²) in [6, 6.07) is 4.15. The number of halogens is 2. The van der Waals surface area contributed by atoms with Gasteiger partial charge in [0.05, 0.1) is 0 Å². The van der Waals surface area contributed by atoms with Gasteiger partial charge >= 0.3 is 0 Å². The third-order valence-electron chi connectivity index (χ3n) is 2.20. The fourth-order valence-corrected chi connectivity index (χ4v) is 1.47. The van der Waals surface area contributed by atoms with Crippen molar-refractivity contribution in [3.63, 3.8) is 0 Å². The van der Waals surface area contributed by atoms with Gasteiger partial charge in [-0.2, -0.15) is 0 Å². The van der Waals surface area contributed by atoms with Gasteiger partial charge in [-0.1, -0.05) is 19.9 Å². The molecule has 1 rings (SSSR count). The van der Waals surface area contributed by atoms with E-state index in [1.54, 1.807) is 6.07 Å². The smallest absolute Gasteiger partial charge is 0.159 e.